The fourth-order valence-electron chi connectivity index (χ4n) is 2.09. The maximum Gasteiger partial charge on any atom is 0.343 e. The number of ether oxygens (including phenoxy) is 1. The van der Waals surface area contributed by atoms with Gasteiger partial charge in [0.1, 0.15) is 5.75 Å². The SMILES string of the molecule is O=C(Oc1cccc2ccccc12)c1ccc(O)c(O)c1. The minimum atomic E-state index is -0.596. The van der Waals surface area contributed by atoms with Crippen LogP contribution in [0.1, 0.15) is 10.4 Å². The van der Waals surface area contributed by atoms with Crippen molar-refractivity contribution in [2.24, 2.45) is 0 Å². The smallest absolute Gasteiger partial charge is 0.343 e. The van der Waals surface area contributed by atoms with Gasteiger partial charge in [0.2, 0.25) is 0 Å². The molecular weight excluding hydrogens is 268 g/mol. The summed E-state index contributed by atoms with van der Waals surface area (Å²) in [5.41, 5.74) is 0.165. The lowest BCUT2D eigenvalue weighted by molar-refractivity contribution is 0.0736. The van der Waals surface area contributed by atoms with E-state index in [2.05, 4.69) is 0 Å². The van der Waals surface area contributed by atoms with Crippen LogP contribution in [0.2, 0.25) is 0 Å². The number of carbonyl (C=O) groups is 1. The monoisotopic (exact) mass is 280 g/mol. The summed E-state index contributed by atoms with van der Waals surface area (Å²) in [6, 6.07) is 16.8. The standard InChI is InChI=1S/C17H12O4/c18-14-9-8-12(10-15(14)19)17(20)21-16-7-3-5-11-4-1-2-6-13(11)16/h1-10,18-19H. The molecule has 0 aliphatic carbocycles. The Bertz CT molecular complexity index is 819. The number of benzene rings is 3. The van der Waals surface area contributed by atoms with E-state index in [1.54, 1.807) is 12.1 Å². The van der Waals surface area contributed by atoms with Crippen molar-refractivity contribution in [1.29, 1.82) is 0 Å². The molecule has 0 heterocycles. The Morgan fingerprint density at radius 3 is 2.43 bits per heavy atom. The van der Waals surface area contributed by atoms with E-state index in [1.165, 1.54) is 18.2 Å². The highest BCUT2D eigenvalue weighted by atomic mass is 16.5. The van der Waals surface area contributed by atoms with Gasteiger partial charge in [-0.25, -0.2) is 4.79 Å². The molecule has 104 valence electrons. The minimum Gasteiger partial charge on any atom is -0.504 e. The average molecular weight is 280 g/mol. The van der Waals surface area contributed by atoms with Gasteiger partial charge in [0, 0.05) is 5.39 Å². The van der Waals surface area contributed by atoms with Gasteiger partial charge in [0.25, 0.3) is 0 Å². The molecule has 3 rings (SSSR count). The van der Waals surface area contributed by atoms with E-state index in [0.717, 1.165) is 10.8 Å². The van der Waals surface area contributed by atoms with Crippen LogP contribution in [0.25, 0.3) is 10.8 Å². The third kappa shape index (κ3) is 2.51. The zero-order chi connectivity index (χ0) is 14.8. The van der Waals surface area contributed by atoms with Crippen LogP contribution in [0.4, 0.5) is 0 Å². The van der Waals surface area contributed by atoms with Gasteiger partial charge in [-0.05, 0) is 29.7 Å². The van der Waals surface area contributed by atoms with Crippen molar-refractivity contribution in [2.75, 3.05) is 0 Å². The zero-order valence-electron chi connectivity index (χ0n) is 11.0. The molecule has 0 unspecified atom stereocenters. The van der Waals surface area contributed by atoms with Crippen LogP contribution in [0.15, 0.2) is 60.7 Å². The highest BCUT2D eigenvalue weighted by molar-refractivity contribution is 5.95. The molecule has 0 fully saturated rings. The Labute approximate surface area is 120 Å². The molecule has 0 saturated carbocycles. The highest BCUT2D eigenvalue weighted by Gasteiger charge is 2.12. The summed E-state index contributed by atoms with van der Waals surface area (Å²) in [6.45, 7) is 0. The van der Waals surface area contributed by atoms with Gasteiger partial charge in [-0.15, -0.1) is 0 Å². The molecule has 0 bridgehead atoms. The van der Waals surface area contributed by atoms with E-state index in [0.29, 0.717) is 5.75 Å². The minimum absolute atomic E-state index is 0.165. The number of hydrogen-bond acceptors (Lipinski definition) is 4. The Kier molecular flexibility index (Phi) is 3.20. The van der Waals surface area contributed by atoms with E-state index >= 15 is 0 Å². The van der Waals surface area contributed by atoms with Gasteiger partial charge in [0.15, 0.2) is 11.5 Å². The molecule has 0 spiro atoms. The molecule has 0 aliphatic rings. The van der Waals surface area contributed by atoms with Crippen LogP contribution >= 0.6 is 0 Å². The third-order valence-corrected chi connectivity index (χ3v) is 3.16. The summed E-state index contributed by atoms with van der Waals surface area (Å²) in [7, 11) is 0. The summed E-state index contributed by atoms with van der Waals surface area (Å²) in [5.74, 6) is -0.786. The van der Waals surface area contributed by atoms with Crippen molar-refractivity contribution in [1.82, 2.24) is 0 Å². The summed E-state index contributed by atoms with van der Waals surface area (Å²) in [5, 5.41) is 20.5. The summed E-state index contributed by atoms with van der Waals surface area (Å²) in [6.07, 6.45) is 0. The van der Waals surface area contributed by atoms with Crippen LogP contribution in [-0.4, -0.2) is 16.2 Å². The highest BCUT2D eigenvalue weighted by Crippen LogP contribution is 2.28. The predicted octanol–water partition coefficient (Wildman–Crippen LogP) is 3.47. The molecule has 4 nitrogen and oxygen atoms in total. The van der Waals surface area contributed by atoms with Crippen molar-refractivity contribution < 1.29 is 19.7 Å². The molecule has 4 heteroatoms. The lowest BCUT2D eigenvalue weighted by Crippen LogP contribution is -2.08. The van der Waals surface area contributed by atoms with Gasteiger partial charge in [-0.3, -0.25) is 0 Å². The van der Waals surface area contributed by atoms with E-state index < -0.39 is 5.97 Å². The van der Waals surface area contributed by atoms with Gasteiger partial charge in [-0.1, -0.05) is 36.4 Å². The van der Waals surface area contributed by atoms with Crippen LogP contribution in [-0.2, 0) is 0 Å². The van der Waals surface area contributed by atoms with Crippen LogP contribution in [0.3, 0.4) is 0 Å². The lowest BCUT2D eigenvalue weighted by Gasteiger charge is -2.08. The molecule has 0 aromatic heterocycles. The van der Waals surface area contributed by atoms with Crippen LogP contribution < -0.4 is 4.74 Å². The van der Waals surface area contributed by atoms with Gasteiger partial charge in [-0.2, -0.15) is 0 Å². The molecule has 21 heavy (non-hydrogen) atoms. The fourth-order valence-corrected chi connectivity index (χ4v) is 2.09. The maximum absolute atomic E-state index is 12.1. The number of aromatic hydroxyl groups is 2. The van der Waals surface area contributed by atoms with E-state index in [1.807, 2.05) is 30.3 Å². The molecule has 3 aromatic carbocycles. The molecule has 3 aromatic rings. The summed E-state index contributed by atoms with van der Waals surface area (Å²) in [4.78, 5) is 12.1. The average Bonchev–Trinajstić information content (AvgIpc) is 2.50. The first-order valence-corrected chi connectivity index (χ1v) is 6.37. The molecule has 0 atom stereocenters. The summed E-state index contributed by atoms with van der Waals surface area (Å²) >= 11 is 0. The normalized spacial score (nSPS) is 10.5. The Morgan fingerprint density at radius 1 is 0.857 bits per heavy atom. The first-order chi connectivity index (χ1) is 10.1. The number of fused-ring (bicyclic) bond motifs is 1. The second-order valence-corrected chi connectivity index (χ2v) is 4.57. The fraction of sp³-hybridized carbons (Fsp3) is 0. The molecule has 0 amide bonds. The second kappa shape index (κ2) is 5.17. The second-order valence-electron chi connectivity index (χ2n) is 4.57. The van der Waals surface area contributed by atoms with Crippen molar-refractivity contribution in [3.05, 3.63) is 66.2 Å². The van der Waals surface area contributed by atoms with Crippen molar-refractivity contribution >= 4 is 16.7 Å². The Morgan fingerprint density at radius 2 is 1.62 bits per heavy atom. The van der Waals surface area contributed by atoms with Crippen LogP contribution in [0, 0.1) is 0 Å². The molecule has 0 saturated heterocycles. The first kappa shape index (κ1) is 13.0. The summed E-state index contributed by atoms with van der Waals surface area (Å²) < 4.78 is 5.38. The number of rotatable bonds is 2. The number of esters is 1. The Hall–Kier alpha value is -3.01. The van der Waals surface area contributed by atoms with E-state index in [-0.39, 0.29) is 17.1 Å². The third-order valence-electron chi connectivity index (χ3n) is 3.16. The van der Waals surface area contributed by atoms with Crippen LogP contribution in [0.5, 0.6) is 17.2 Å². The number of phenolic OH excluding ortho intramolecular Hbond substituents is 2. The van der Waals surface area contributed by atoms with Crippen molar-refractivity contribution in [2.45, 2.75) is 0 Å². The number of carbonyl (C=O) groups excluding carboxylic acids is 1. The zero-order valence-corrected chi connectivity index (χ0v) is 11.0. The number of phenols is 2. The molecule has 0 aliphatic heterocycles. The quantitative estimate of drug-likeness (QED) is 0.428. The first-order valence-electron chi connectivity index (χ1n) is 6.37. The number of hydrogen-bond donors (Lipinski definition) is 2. The van der Waals surface area contributed by atoms with E-state index in [9.17, 15) is 15.0 Å². The topological polar surface area (TPSA) is 66.8 Å². The Balaban J connectivity index is 1.94. The van der Waals surface area contributed by atoms with Gasteiger partial charge >= 0.3 is 5.97 Å². The van der Waals surface area contributed by atoms with Crippen molar-refractivity contribution in [3.8, 4) is 17.2 Å². The maximum atomic E-state index is 12.1. The largest absolute Gasteiger partial charge is 0.504 e. The molecular formula is C17H12O4. The lowest BCUT2D eigenvalue weighted by atomic mass is 10.1. The van der Waals surface area contributed by atoms with E-state index in [4.69, 9.17) is 4.74 Å². The van der Waals surface area contributed by atoms with Gasteiger partial charge < -0.3 is 14.9 Å². The predicted molar refractivity (Wildman–Crippen MR) is 78.7 cm³/mol. The molecule has 2 N–H and O–H groups in total. The molecule has 0 radical (unpaired) electrons. The van der Waals surface area contributed by atoms with Crippen molar-refractivity contribution in [3.63, 3.8) is 0 Å². The van der Waals surface area contributed by atoms with Gasteiger partial charge in [0.05, 0.1) is 5.56 Å².